The van der Waals surface area contributed by atoms with E-state index < -0.39 is 12.1 Å². The van der Waals surface area contributed by atoms with Gasteiger partial charge >= 0.3 is 17.9 Å². The van der Waals surface area contributed by atoms with Gasteiger partial charge in [0.1, 0.15) is 13.2 Å². The smallest absolute Gasteiger partial charge is 0.306 e. The van der Waals surface area contributed by atoms with E-state index in [0.29, 0.717) is 19.3 Å². The fourth-order valence-electron chi connectivity index (χ4n) is 9.03. The molecule has 0 aromatic carbocycles. The van der Waals surface area contributed by atoms with Crippen LogP contribution in [0, 0.1) is 0 Å². The average molecular weight is 1110 g/mol. The van der Waals surface area contributed by atoms with Crippen molar-refractivity contribution in [2.24, 2.45) is 0 Å². The summed E-state index contributed by atoms with van der Waals surface area (Å²) in [5.41, 5.74) is 0. The van der Waals surface area contributed by atoms with E-state index >= 15 is 0 Å². The maximum absolute atomic E-state index is 12.8. The van der Waals surface area contributed by atoms with Gasteiger partial charge in [0.05, 0.1) is 0 Å². The molecule has 0 aromatic rings. The molecule has 0 bridgehead atoms. The molecule has 454 valence electrons. The molecule has 0 saturated heterocycles. The third-order valence-electron chi connectivity index (χ3n) is 13.9. The summed E-state index contributed by atoms with van der Waals surface area (Å²) in [5, 5.41) is 0. The lowest BCUT2D eigenvalue weighted by Crippen LogP contribution is -2.30. The molecule has 0 amide bonds. The number of carbonyl (C=O) groups is 3. The Balaban J connectivity index is 4.12. The Morgan fingerprint density at radius 2 is 0.512 bits per heavy atom. The van der Waals surface area contributed by atoms with Gasteiger partial charge in [-0.05, 0) is 103 Å². The number of unbranched alkanes of at least 4 members (excludes halogenated alkanes) is 26. The van der Waals surface area contributed by atoms with E-state index in [4.69, 9.17) is 14.2 Å². The molecule has 0 aliphatic heterocycles. The van der Waals surface area contributed by atoms with Crippen molar-refractivity contribution in [1.82, 2.24) is 0 Å². The molecular weight excluding hydrogens is 985 g/mol. The maximum atomic E-state index is 12.8. The summed E-state index contributed by atoms with van der Waals surface area (Å²) in [6, 6.07) is 0. The van der Waals surface area contributed by atoms with Crippen LogP contribution in [0.25, 0.3) is 0 Å². The number of rotatable bonds is 59. The van der Waals surface area contributed by atoms with Crippen LogP contribution >= 0.6 is 0 Å². The molecule has 6 heteroatoms. The minimum Gasteiger partial charge on any atom is -0.462 e. The average Bonchev–Trinajstić information content (AvgIpc) is 3.46. The van der Waals surface area contributed by atoms with Crippen LogP contribution in [-0.2, 0) is 28.6 Å². The van der Waals surface area contributed by atoms with E-state index in [-0.39, 0.29) is 31.6 Å². The van der Waals surface area contributed by atoms with Crippen molar-refractivity contribution in [3.8, 4) is 0 Å². The quantitative estimate of drug-likeness (QED) is 0.0261. The highest BCUT2D eigenvalue weighted by Gasteiger charge is 2.19. The van der Waals surface area contributed by atoms with E-state index in [1.807, 2.05) is 6.08 Å². The lowest BCUT2D eigenvalue weighted by atomic mass is 10.0. The van der Waals surface area contributed by atoms with Gasteiger partial charge < -0.3 is 14.2 Å². The Kier molecular flexibility index (Phi) is 63.3. The van der Waals surface area contributed by atoms with Gasteiger partial charge in [0.25, 0.3) is 0 Å². The van der Waals surface area contributed by atoms with Gasteiger partial charge in [-0.3, -0.25) is 14.4 Å². The zero-order valence-corrected chi connectivity index (χ0v) is 52.0. The number of hydrogen-bond acceptors (Lipinski definition) is 6. The summed E-state index contributed by atoms with van der Waals surface area (Å²) < 4.78 is 16.8. The van der Waals surface area contributed by atoms with Gasteiger partial charge in [-0.1, -0.05) is 309 Å². The van der Waals surface area contributed by atoms with E-state index in [0.717, 1.165) is 109 Å². The molecule has 1 unspecified atom stereocenters. The summed E-state index contributed by atoms with van der Waals surface area (Å²) in [5.74, 6) is -0.992. The molecule has 0 aliphatic carbocycles. The Hall–Kier alpha value is -4.45. The Bertz CT molecular complexity index is 1700. The van der Waals surface area contributed by atoms with Crippen molar-refractivity contribution in [2.45, 2.75) is 303 Å². The van der Waals surface area contributed by atoms with Crippen LogP contribution < -0.4 is 0 Å². The Morgan fingerprint density at radius 3 is 0.812 bits per heavy atom. The van der Waals surface area contributed by atoms with Crippen molar-refractivity contribution < 1.29 is 28.6 Å². The molecule has 0 aliphatic rings. The molecular formula is C74H122O6. The van der Waals surface area contributed by atoms with Crippen LogP contribution in [0.5, 0.6) is 0 Å². The fourth-order valence-corrected chi connectivity index (χ4v) is 9.03. The summed E-state index contributed by atoms with van der Waals surface area (Å²) in [7, 11) is 0. The van der Waals surface area contributed by atoms with Gasteiger partial charge in [-0.2, -0.15) is 0 Å². The first-order valence-corrected chi connectivity index (χ1v) is 33.2. The van der Waals surface area contributed by atoms with Crippen LogP contribution in [-0.4, -0.2) is 37.2 Å². The number of hydrogen-bond donors (Lipinski definition) is 0. The summed E-state index contributed by atoms with van der Waals surface area (Å²) in [6.45, 7) is 6.33. The van der Waals surface area contributed by atoms with Gasteiger partial charge in [-0.25, -0.2) is 0 Å². The highest BCUT2D eigenvalue weighted by atomic mass is 16.6. The first-order valence-electron chi connectivity index (χ1n) is 33.2. The van der Waals surface area contributed by atoms with Crippen LogP contribution in [0.3, 0.4) is 0 Å². The van der Waals surface area contributed by atoms with Crippen molar-refractivity contribution in [3.05, 3.63) is 134 Å². The second-order valence-electron chi connectivity index (χ2n) is 21.6. The zero-order chi connectivity index (χ0) is 57.8. The lowest BCUT2D eigenvalue weighted by molar-refractivity contribution is -0.166. The van der Waals surface area contributed by atoms with Crippen molar-refractivity contribution in [3.63, 3.8) is 0 Å². The van der Waals surface area contributed by atoms with E-state index in [1.54, 1.807) is 0 Å². The standard InChI is InChI=1S/C74H122O6/c1-4-7-10-13-16-19-21-23-25-27-29-30-31-32-33-34-35-36-37-38-39-40-41-42-43-44-46-47-49-51-53-55-58-61-64-67-73(76)79-70-71(69-78-72(75)66-63-60-57-18-15-12-9-6-3)80-74(77)68-65-62-59-56-54-52-50-48-45-28-26-24-22-20-17-14-11-8-5-2/h7-8,10-11,16-17,19-20,23-26,29-30,32-33,45,48,52,54,59,62,71H,4-6,9,12-15,18,21-22,27-28,31,34-44,46-47,49-51,53,55-58,60-61,63-70H2,1-3H3/b10-7-,11-8-,19-16-,20-17-,25-23-,26-24-,30-29-,33-32-,48-45-,54-52-,62-59-. The molecule has 0 spiro atoms. The lowest BCUT2D eigenvalue weighted by Gasteiger charge is -2.18. The van der Waals surface area contributed by atoms with Crippen molar-refractivity contribution in [2.75, 3.05) is 13.2 Å². The minimum atomic E-state index is -0.818. The molecule has 0 radical (unpaired) electrons. The van der Waals surface area contributed by atoms with Gasteiger partial charge in [0.2, 0.25) is 0 Å². The van der Waals surface area contributed by atoms with E-state index in [9.17, 15) is 14.4 Å². The summed E-state index contributed by atoms with van der Waals surface area (Å²) in [6.07, 6.45) is 95.1. The van der Waals surface area contributed by atoms with E-state index in [2.05, 4.69) is 148 Å². The molecule has 6 nitrogen and oxygen atoms in total. The Labute approximate surface area is 494 Å². The predicted octanol–water partition coefficient (Wildman–Crippen LogP) is 22.9. The molecule has 80 heavy (non-hydrogen) atoms. The monoisotopic (exact) mass is 1110 g/mol. The SMILES string of the molecule is CC/C=C\C/C=C\C/C=C\C/C=C\C/C=C\C/C=C\CCC(=O)OC(COC(=O)CCCCCCCCCC)COC(=O)CCCCCCCCCCCCCCCCCCCCC/C=C\C/C=C\C/C=C\C/C=C\C/C=C\CC. The van der Waals surface area contributed by atoms with Gasteiger partial charge in [0, 0.05) is 19.3 Å². The maximum Gasteiger partial charge on any atom is 0.306 e. The second-order valence-corrected chi connectivity index (χ2v) is 21.6. The van der Waals surface area contributed by atoms with Gasteiger partial charge in [0.15, 0.2) is 6.10 Å². The molecule has 0 rings (SSSR count). The Morgan fingerprint density at radius 1 is 0.263 bits per heavy atom. The largest absolute Gasteiger partial charge is 0.462 e. The zero-order valence-electron chi connectivity index (χ0n) is 52.0. The molecule has 0 heterocycles. The number of ether oxygens (including phenoxy) is 3. The second kappa shape index (κ2) is 67.1. The molecule has 0 aromatic heterocycles. The molecule has 0 N–H and O–H groups in total. The molecule has 1 atom stereocenters. The van der Waals surface area contributed by atoms with E-state index in [1.165, 1.54) is 141 Å². The number of allylic oxidation sites excluding steroid dienone is 22. The predicted molar refractivity (Wildman–Crippen MR) is 348 cm³/mol. The van der Waals surface area contributed by atoms with Crippen LogP contribution in [0.4, 0.5) is 0 Å². The highest BCUT2D eigenvalue weighted by Crippen LogP contribution is 2.16. The van der Waals surface area contributed by atoms with Crippen molar-refractivity contribution >= 4 is 17.9 Å². The van der Waals surface area contributed by atoms with Crippen LogP contribution in [0.2, 0.25) is 0 Å². The highest BCUT2D eigenvalue weighted by molar-refractivity contribution is 5.71. The first-order chi connectivity index (χ1) is 39.5. The molecule has 0 fully saturated rings. The minimum absolute atomic E-state index is 0.107. The summed E-state index contributed by atoms with van der Waals surface area (Å²) in [4.78, 5) is 38.1. The number of carbonyl (C=O) groups excluding carboxylic acids is 3. The number of esters is 3. The normalized spacial score (nSPS) is 13.0. The fraction of sp³-hybridized carbons (Fsp3) is 0.662. The molecule has 0 saturated carbocycles. The van der Waals surface area contributed by atoms with Crippen LogP contribution in [0.15, 0.2) is 134 Å². The van der Waals surface area contributed by atoms with Crippen LogP contribution in [0.1, 0.15) is 297 Å². The third-order valence-corrected chi connectivity index (χ3v) is 13.9. The van der Waals surface area contributed by atoms with Crippen molar-refractivity contribution in [1.29, 1.82) is 0 Å². The first kappa shape index (κ1) is 75.5. The third kappa shape index (κ3) is 64.4. The van der Waals surface area contributed by atoms with Gasteiger partial charge in [-0.15, -0.1) is 0 Å². The summed E-state index contributed by atoms with van der Waals surface area (Å²) >= 11 is 0. The topological polar surface area (TPSA) is 78.9 Å².